The molecule has 3 aliphatic rings. The molecule has 0 unspecified atom stereocenters. The molecule has 23 heavy (non-hydrogen) atoms. The zero-order valence-corrected chi connectivity index (χ0v) is 14.4. The van der Waals surface area contributed by atoms with Crippen LogP contribution in [0.15, 0.2) is 6.07 Å². The molecule has 4 nitrogen and oxygen atoms in total. The van der Waals surface area contributed by atoms with Crippen molar-refractivity contribution in [2.45, 2.75) is 56.1 Å². The van der Waals surface area contributed by atoms with Gasteiger partial charge >= 0.3 is 0 Å². The van der Waals surface area contributed by atoms with Crippen molar-refractivity contribution in [2.24, 2.45) is 0 Å². The van der Waals surface area contributed by atoms with E-state index in [2.05, 4.69) is 18.0 Å². The van der Waals surface area contributed by atoms with Crippen LogP contribution in [0.1, 0.15) is 54.8 Å². The van der Waals surface area contributed by atoms with E-state index >= 15 is 0 Å². The molecule has 126 valence electrons. The molecule has 1 aliphatic heterocycles. The number of benzene rings is 1. The number of hydrogen-bond acceptors (Lipinski definition) is 4. The molecule has 1 saturated carbocycles. The van der Waals surface area contributed by atoms with Crippen LogP contribution in [-0.2, 0) is 11.8 Å². The summed E-state index contributed by atoms with van der Waals surface area (Å²) in [6, 6.07) is 2.68. The summed E-state index contributed by atoms with van der Waals surface area (Å²) in [5, 5.41) is 10.0. The van der Waals surface area contributed by atoms with E-state index in [4.69, 9.17) is 9.47 Å². The first-order valence-electron chi connectivity index (χ1n) is 8.76. The van der Waals surface area contributed by atoms with Gasteiger partial charge < -0.3 is 14.6 Å². The van der Waals surface area contributed by atoms with Gasteiger partial charge in [0.15, 0.2) is 11.5 Å². The molecular weight excluding hydrogens is 290 g/mol. The number of likely N-dealkylation sites (N-methyl/N-ethyl adjacent to an activating group) is 1. The second kappa shape index (κ2) is 5.38. The number of ether oxygens (including phenoxy) is 2. The highest BCUT2D eigenvalue weighted by molar-refractivity contribution is 5.62. The van der Waals surface area contributed by atoms with Crippen molar-refractivity contribution in [3.63, 3.8) is 0 Å². The second-order valence-electron chi connectivity index (χ2n) is 7.52. The molecule has 1 aromatic rings. The first-order chi connectivity index (χ1) is 11.1. The smallest absolute Gasteiger partial charge is 0.164 e. The number of rotatable bonds is 2. The lowest BCUT2D eigenvalue weighted by Crippen LogP contribution is -2.34. The maximum absolute atomic E-state index is 10.0. The first-order valence-corrected chi connectivity index (χ1v) is 8.76. The van der Waals surface area contributed by atoms with Gasteiger partial charge in [0.25, 0.3) is 0 Å². The van der Waals surface area contributed by atoms with E-state index in [0.717, 1.165) is 56.6 Å². The molecule has 0 amide bonds. The molecule has 2 aliphatic carbocycles. The van der Waals surface area contributed by atoms with Crippen molar-refractivity contribution >= 4 is 0 Å². The molecule has 1 heterocycles. The van der Waals surface area contributed by atoms with Crippen LogP contribution in [0.5, 0.6) is 11.5 Å². The van der Waals surface area contributed by atoms with Crippen LogP contribution in [0.4, 0.5) is 0 Å². The lowest BCUT2D eigenvalue weighted by atomic mass is 9.69. The fraction of sp³-hybridized carbons (Fsp3) is 0.684. The molecule has 1 aromatic carbocycles. The Morgan fingerprint density at radius 1 is 1.22 bits per heavy atom. The van der Waals surface area contributed by atoms with Gasteiger partial charge in [0.05, 0.1) is 20.3 Å². The number of aliphatic hydroxyl groups is 1. The van der Waals surface area contributed by atoms with Crippen molar-refractivity contribution in [1.29, 1.82) is 0 Å². The zero-order chi connectivity index (χ0) is 16.2. The Kier molecular flexibility index (Phi) is 3.58. The van der Waals surface area contributed by atoms with Crippen molar-refractivity contribution in [1.82, 2.24) is 4.90 Å². The molecule has 4 heteroatoms. The average Bonchev–Trinajstić information content (AvgIpc) is 2.90. The average molecular weight is 317 g/mol. The van der Waals surface area contributed by atoms with Gasteiger partial charge in [-0.05, 0) is 62.8 Å². The minimum Gasteiger partial charge on any atom is -0.493 e. The highest BCUT2D eigenvalue weighted by atomic mass is 16.5. The molecule has 0 bridgehead atoms. The maximum atomic E-state index is 10.0. The molecule has 0 radical (unpaired) electrons. The van der Waals surface area contributed by atoms with Crippen molar-refractivity contribution < 1.29 is 14.6 Å². The van der Waals surface area contributed by atoms with Gasteiger partial charge in [-0.1, -0.05) is 0 Å². The highest BCUT2D eigenvalue weighted by Crippen LogP contribution is 2.60. The lowest BCUT2D eigenvalue weighted by molar-refractivity contribution is 0.0853. The van der Waals surface area contributed by atoms with Gasteiger partial charge in [0.2, 0.25) is 0 Å². The van der Waals surface area contributed by atoms with E-state index in [1.807, 2.05) is 0 Å². The topological polar surface area (TPSA) is 41.9 Å². The fourth-order valence-corrected chi connectivity index (χ4v) is 5.19. The van der Waals surface area contributed by atoms with Gasteiger partial charge in [-0.25, -0.2) is 0 Å². The van der Waals surface area contributed by atoms with E-state index in [1.165, 1.54) is 16.7 Å². The van der Waals surface area contributed by atoms with E-state index in [0.29, 0.717) is 6.04 Å². The van der Waals surface area contributed by atoms with E-state index in [-0.39, 0.29) is 11.5 Å². The molecule has 1 fully saturated rings. The van der Waals surface area contributed by atoms with Crippen LogP contribution >= 0.6 is 0 Å². The Balaban J connectivity index is 1.93. The summed E-state index contributed by atoms with van der Waals surface area (Å²) in [7, 11) is 5.73. The summed E-state index contributed by atoms with van der Waals surface area (Å²) in [4.78, 5) is 2.50. The van der Waals surface area contributed by atoms with E-state index in [1.54, 1.807) is 14.2 Å². The van der Waals surface area contributed by atoms with Gasteiger partial charge in [-0.3, -0.25) is 4.90 Å². The van der Waals surface area contributed by atoms with Crippen molar-refractivity contribution in [3.05, 3.63) is 22.8 Å². The number of methoxy groups -OCH3 is 2. The Morgan fingerprint density at radius 2 is 1.96 bits per heavy atom. The number of fused-ring (bicyclic) bond motifs is 1. The number of hydrogen-bond donors (Lipinski definition) is 1. The fourth-order valence-electron chi connectivity index (χ4n) is 5.19. The molecule has 0 aromatic heterocycles. The minimum atomic E-state index is -0.137. The quantitative estimate of drug-likeness (QED) is 0.911. The maximum Gasteiger partial charge on any atom is 0.164 e. The van der Waals surface area contributed by atoms with Gasteiger partial charge in [-0.2, -0.15) is 0 Å². The molecule has 1 spiro atoms. The van der Waals surface area contributed by atoms with Crippen LogP contribution in [0.3, 0.4) is 0 Å². The Labute approximate surface area is 138 Å². The second-order valence-corrected chi connectivity index (χ2v) is 7.52. The van der Waals surface area contributed by atoms with Crippen LogP contribution in [0.25, 0.3) is 0 Å². The molecule has 1 N–H and O–H groups in total. The molecule has 4 rings (SSSR count). The standard InChI is InChI=1S/C19H27NO3/c1-20-9-6-12-10-15(22-2)18(23-3)17-16(12)14(20)11-19(17)7-4-13(21)5-8-19/h10,13-14,21H,4-9,11H2,1-3H3/t13?,14-,19?/m0/s1. The summed E-state index contributed by atoms with van der Waals surface area (Å²) in [6.07, 6.45) is 5.98. The third-order valence-corrected chi connectivity index (χ3v) is 6.42. The SMILES string of the molecule is COc1cc2c3c(c1OC)C1(CCC(O)CC1)C[C@@H]3N(C)CC2. The van der Waals surface area contributed by atoms with E-state index in [9.17, 15) is 5.11 Å². The van der Waals surface area contributed by atoms with E-state index < -0.39 is 0 Å². The van der Waals surface area contributed by atoms with Gasteiger partial charge in [0.1, 0.15) is 0 Å². The number of aliphatic hydroxyl groups excluding tert-OH is 1. The van der Waals surface area contributed by atoms with Crippen molar-refractivity contribution in [2.75, 3.05) is 27.8 Å². The third kappa shape index (κ3) is 2.11. The summed E-state index contributed by atoms with van der Waals surface area (Å²) in [6.45, 7) is 1.10. The largest absolute Gasteiger partial charge is 0.493 e. The number of nitrogens with zero attached hydrogens (tertiary/aromatic N) is 1. The summed E-state index contributed by atoms with van der Waals surface area (Å²) in [5.74, 6) is 1.80. The molecular formula is C19H27NO3. The third-order valence-electron chi connectivity index (χ3n) is 6.42. The predicted molar refractivity (Wildman–Crippen MR) is 89.4 cm³/mol. The van der Waals surface area contributed by atoms with Crippen LogP contribution in [-0.4, -0.2) is 43.9 Å². The van der Waals surface area contributed by atoms with Crippen LogP contribution in [0, 0.1) is 0 Å². The molecule has 1 atom stereocenters. The molecule has 0 saturated heterocycles. The lowest BCUT2D eigenvalue weighted by Gasteiger charge is -2.38. The normalized spacial score (nSPS) is 32.9. The van der Waals surface area contributed by atoms with Crippen molar-refractivity contribution in [3.8, 4) is 11.5 Å². The Hall–Kier alpha value is -1.26. The van der Waals surface area contributed by atoms with Gasteiger partial charge in [0, 0.05) is 23.6 Å². The minimum absolute atomic E-state index is 0.137. The van der Waals surface area contributed by atoms with Crippen LogP contribution in [0.2, 0.25) is 0 Å². The predicted octanol–water partition coefficient (Wildman–Crippen LogP) is 2.81. The van der Waals surface area contributed by atoms with Crippen LogP contribution < -0.4 is 9.47 Å². The Bertz CT molecular complexity index is 620. The summed E-state index contributed by atoms with van der Waals surface area (Å²) < 4.78 is 11.5. The summed E-state index contributed by atoms with van der Waals surface area (Å²) >= 11 is 0. The van der Waals surface area contributed by atoms with Gasteiger partial charge in [-0.15, -0.1) is 0 Å². The monoisotopic (exact) mass is 317 g/mol. The summed E-state index contributed by atoms with van der Waals surface area (Å²) in [5.41, 5.74) is 4.46. The zero-order valence-electron chi connectivity index (χ0n) is 14.4. The first kappa shape index (κ1) is 15.3. The Morgan fingerprint density at radius 3 is 2.61 bits per heavy atom. The highest BCUT2D eigenvalue weighted by Gasteiger charge is 2.51.